The van der Waals surface area contributed by atoms with E-state index in [1.165, 1.54) is 39.3 Å². The number of nitrogens with one attached hydrogen (secondary N) is 1. The van der Waals surface area contributed by atoms with Crippen LogP contribution in [0.5, 0.6) is 0 Å². The largest absolute Gasteiger partial charge is 0.314 e. The summed E-state index contributed by atoms with van der Waals surface area (Å²) in [6.07, 6.45) is 0. The van der Waals surface area contributed by atoms with E-state index in [0.29, 0.717) is 0 Å². The van der Waals surface area contributed by atoms with Crippen LogP contribution >= 0.6 is 0 Å². The number of rotatable bonds is 2. The van der Waals surface area contributed by atoms with E-state index < -0.39 is 0 Å². The molecule has 3 nitrogen and oxygen atoms in total. The maximum atomic E-state index is 3.44. The molecule has 2 saturated heterocycles. The Bertz CT molecular complexity index is 166. The Balaban J connectivity index is 1.80. The second kappa shape index (κ2) is 3.95. The Morgan fingerprint density at radius 2 is 2.15 bits per heavy atom. The zero-order valence-corrected chi connectivity index (χ0v) is 8.79. The van der Waals surface area contributed by atoms with Gasteiger partial charge in [-0.25, -0.2) is 0 Å². The molecule has 0 aromatic carbocycles. The normalized spacial score (nSPS) is 33.2. The predicted octanol–water partition coefficient (Wildman–Crippen LogP) is -0.0158. The van der Waals surface area contributed by atoms with Crippen LogP contribution in [0.15, 0.2) is 0 Å². The van der Waals surface area contributed by atoms with E-state index in [4.69, 9.17) is 0 Å². The van der Waals surface area contributed by atoms with Gasteiger partial charge in [-0.1, -0.05) is 6.92 Å². The molecule has 76 valence electrons. The minimum absolute atomic E-state index is 0.734. The molecule has 0 saturated carbocycles. The Hall–Kier alpha value is -0.120. The van der Waals surface area contributed by atoms with Crippen LogP contribution in [0.25, 0.3) is 0 Å². The molecule has 1 unspecified atom stereocenters. The lowest BCUT2D eigenvalue weighted by atomic mass is 10.0. The van der Waals surface area contributed by atoms with Crippen molar-refractivity contribution >= 4 is 0 Å². The topological polar surface area (TPSA) is 18.5 Å². The van der Waals surface area contributed by atoms with E-state index in [2.05, 4.69) is 29.0 Å². The standard InChI is InChI=1S/C10H21N3/c1-3-12-7-10(8-12)13-5-4-11-6-9(13)2/h9-11H,3-8H2,1-2H3. The highest BCUT2D eigenvalue weighted by atomic mass is 15.3. The molecule has 2 heterocycles. The van der Waals surface area contributed by atoms with Crippen molar-refractivity contribution in [2.75, 3.05) is 39.3 Å². The van der Waals surface area contributed by atoms with Gasteiger partial charge in [-0.3, -0.25) is 4.90 Å². The summed E-state index contributed by atoms with van der Waals surface area (Å²) in [4.78, 5) is 5.18. The second-order valence-electron chi connectivity index (χ2n) is 4.30. The first-order chi connectivity index (χ1) is 6.31. The zero-order chi connectivity index (χ0) is 9.26. The van der Waals surface area contributed by atoms with Gasteiger partial charge in [0.1, 0.15) is 0 Å². The van der Waals surface area contributed by atoms with Crippen molar-refractivity contribution in [2.24, 2.45) is 0 Å². The van der Waals surface area contributed by atoms with Gasteiger partial charge in [-0.2, -0.15) is 0 Å². The highest BCUT2D eigenvalue weighted by Crippen LogP contribution is 2.17. The first-order valence-electron chi connectivity index (χ1n) is 5.50. The molecule has 13 heavy (non-hydrogen) atoms. The number of likely N-dealkylation sites (N-methyl/N-ethyl adjacent to an activating group) is 1. The van der Waals surface area contributed by atoms with Crippen molar-refractivity contribution in [3.8, 4) is 0 Å². The van der Waals surface area contributed by atoms with Crippen LogP contribution in [0.3, 0.4) is 0 Å². The summed E-state index contributed by atoms with van der Waals surface area (Å²) in [6.45, 7) is 12.0. The average molecular weight is 183 g/mol. The summed E-state index contributed by atoms with van der Waals surface area (Å²) in [5, 5.41) is 3.44. The third kappa shape index (κ3) is 1.87. The molecular weight excluding hydrogens is 162 g/mol. The van der Waals surface area contributed by atoms with Crippen LogP contribution < -0.4 is 5.32 Å². The minimum atomic E-state index is 0.734. The lowest BCUT2D eigenvalue weighted by Crippen LogP contribution is -2.65. The smallest absolute Gasteiger partial charge is 0.0354 e. The highest BCUT2D eigenvalue weighted by Gasteiger charge is 2.33. The number of hydrogen-bond donors (Lipinski definition) is 1. The molecule has 2 aliphatic rings. The molecule has 1 atom stereocenters. The number of hydrogen-bond acceptors (Lipinski definition) is 3. The summed E-state index contributed by atoms with van der Waals surface area (Å²) in [5.74, 6) is 0. The molecule has 0 aromatic rings. The highest BCUT2D eigenvalue weighted by molar-refractivity contribution is 4.91. The number of likely N-dealkylation sites (tertiary alicyclic amines) is 1. The summed E-state index contributed by atoms with van der Waals surface area (Å²) >= 11 is 0. The summed E-state index contributed by atoms with van der Waals surface area (Å²) < 4.78 is 0. The van der Waals surface area contributed by atoms with Crippen molar-refractivity contribution < 1.29 is 0 Å². The van der Waals surface area contributed by atoms with E-state index >= 15 is 0 Å². The van der Waals surface area contributed by atoms with Gasteiger partial charge in [0.05, 0.1) is 0 Å². The maximum Gasteiger partial charge on any atom is 0.0354 e. The fourth-order valence-electron chi connectivity index (χ4n) is 2.41. The van der Waals surface area contributed by atoms with E-state index in [1.54, 1.807) is 0 Å². The zero-order valence-electron chi connectivity index (χ0n) is 8.79. The first-order valence-corrected chi connectivity index (χ1v) is 5.50. The van der Waals surface area contributed by atoms with Gasteiger partial charge in [-0.15, -0.1) is 0 Å². The van der Waals surface area contributed by atoms with Crippen molar-refractivity contribution in [3.05, 3.63) is 0 Å². The van der Waals surface area contributed by atoms with Gasteiger partial charge in [0.2, 0.25) is 0 Å². The first kappa shape index (κ1) is 9.44. The van der Waals surface area contributed by atoms with Crippen molar-refractivity contribution in [3.63, 3.8) is 0 Å². The third-order valence-electron chi connectivity index (χ3n) is 3.41. The molecule has 0 radical (unpaired) electrons. The molecule has 0 bridgehead atoms. The van der Waals surface area contributed by atoms with Gasteiger partial charge in [0, 0.05) is 44.8 Å². The molecule has 2 rings (SSSR count). The van der Waals surface area contributed by atoms with E-state index in [1.807, 2.05) is 0 Å². The monoisotopic (exact) mass is 183 g/mol. The van der Waals surface area contributed by atoms with E-state index in [9.17, 15) is 0 Å². The molecule has 0 spiro atoms. The summed E-state index contributed by atoms with van der Waals surface area (Å²) in [6, 6.07) is 1.58. The van der Waals surface area contributed by atoms with Gasteiger partial charge in [0.15, 0.2) is 0 Å². The molecule has 1 N–H and O–H groups in total. The Kier molecular flexibility index (Phi) is 2.86. The summed E-state index contributed by atoms with van der Waals surface area (Å²) in [5.41, 5.74) is 0. The molecular formula is C10H21N3. The van der Waals surface area contributed by atoms with Crippen LogP contribution in [0.2, 0.25) is 0 Å². The lowest BCUT2D eigenvalue weighted by Gasteiger charge is -2.49. The molecule has 0 amide bonds. The number of nitrogens with zero attached hydrogens (tertiary/aromatic N) is 2. The Labute approximate surface area is 81.1 Å². The Morgan fingerprint density at radius 3 is 2.77 bits per heavy atom. The Morgan fingerprint density at radius 1 is 1.38 bits per heavy atom. The van der Waals surface area contributed by atoms with Gasteiger partial charge < -0.3 is 10.2 Å². The molecule has 0 aromatic heterocycles. The average Bonchev–Trinajstić information content (AvgIpc) is 2.06. The van der Waals surface area contributed by atoms with E-state index in [0.717, 1.165) is 12.1 Å². The molecule has 3 heteroatoms. The van der Waals surface area contributed by atoms with Crippen molar-refractivity contribution in [2.45, 2.75) is 25.9 Å². The van der Waals surface area contributed by atoms with Crippen LogP contribution in [0.4, 0.5) is 0 Å². The van der Waals surface area contributed by atoms with Gasteiger partial charge in [-0.05, 0) is 13.5 Å². The maximum absolute atomic E-state index is 3.44. The quantitative estimate of drug-likeness (QED) is 0.649. The lowest BCUT2D eigenvalue weighted by molar-refractivity contribution is 0.00588. The van der Waals surface area contributed by atoms with Crippen molar-refractivity contribution in [1.82, 2.24) is 15.1 Å². The second-order valence-corrected chi connectivity index (χ2v) is 4.30. The fraction of sp³-hybridized carbons (Fsp3) is 1.00. The SMILES string of the molecule is CCN1CC(N2CCNCC2C)C1. The predicted molar refractivity (Wildman–Crippen MR) is 54.9 cm³/mol. The van der Waals surface area contributed by atoms with Crippen LogP contribution in [0.1, 0.15) is 13.8 Å². The number of piperazine rings is 1. The third-order valence-corrected chi connectivity index (χ3v) is 3.41. The summed E-state index contributed by atoms with van der Waals surface area (Å²) in [7, 11) is 0. The minimum Gasteiger partial charge on any atom is -0.314 e. The van der Waals surface area contributed by atoms with Crippen LogP contribution in [-0.2, 0) is 0 Å². The van der Waals surface area contributed by atoms with E-state index in [-0.39, 0.29) is 0 Å². The molecule has 0 aliphatic carbocycles. The van der Waals surface area contributed by atoms with Crippen LogP contribution in [0, 0.1) is 0 Å². The fourth-order valence-corrected chi connectivity index (χ4v) is 2.41. The van der Waals surface area contributed by atoms with Gasteiger partial charge in [0.25, 0.3) is 0 Å². The van der Waals surface area contributed by atoms with Crippen molar-refractivity contribution in [1.29, 1.82) is 0 Å². The molecule has 2 fully saturated rings. The van der Waals surface area contributed by atoms with Crippen LogP contribution in [-0.4, -0.2) is 61.2 Å². The van der Waals surface area contributed by atoms with Gasteiger partial charge >= 0.3 is 0 Å². The molecule has 2 aliphatic heterocycles.